The molecule has 48 heavy (non-hydrogen) atoms. The Morgan fingerprint density at radius 3 is 1.85 bits per heavy atom. The first-order chi connectivity index (χ1) is 23.0. The van der Waals surface area contributed by atoms with Gasteiger partial charge in [0, 0.05) is 23.3 Å². The molecule has 2 saturated carbocycles. The van der Waals surface area contributed by atoms with E-state index in [9.17, 15) is 22.0 Å². The summed E-state index contributed by atoms with van der Waals surface area (Å²) in [5, 5.41) is 0. The van der Waals surface area contributed by atoms with Crippen LogP contribution in [-0.2, 0) is 12.5 Å². The highest BCUT2D eigenvalue weighted by molar-refractivity contribution is 5.65. The summed E-state index contributed by atoms with van der Waals surface area (Å²) < 4.78 is 121. The smallest absolute Gasteiger partial charge is 0.429 e. The molecule has 0 bridgehead atoms. The third-order valence-electron chi connectivity index (χ3n) is 10.6. The Kier molecular flexibility index (Phi) is 12.1. The first-order valence-corrected chi connectivity index (χ1v) is 17.4. The second kappa shape index (κ2) is 16.1. The van der Waals surface area contributed by atoms with E-state index in [4.69, 9.17) is 0 Å². The molecule has 0 spiro atoms. The fraction of sp³-hybridized carbons (Fsp3) is 0.538. The van der Waals surface area contributed by atoms with E-state index < -0.39 is 58.7 Å². The number of hydrogen-bond donors (Lipinski definition) is 0. The van der Waals surface area contributed by atoms with E-state index in [0.29, 0.717) is 30.2 Å². The lowest BCUT2D eigenvalue weighted by Gasteiger charge is -2.38. The first-order valence-electron chi connectivity index (χ1n) is 17.4. The molecule has 5 rings (SSSR count). The van der Waals surface area contributed by atoms with Gasteiger partial charge in [0.05, 0.1) is 6.67 Å². The van der Waals surface area contributed by atoms with Crippen LogP contribution in [0.5, 0.6) is 5.75 Å². The molecule has 0 unspecified atom stereocenters. The molecule has 2 aliphatic rings. The fourth-order valence-corrected chi connectivity index (χ4v) is 7.90. The van der Waals surface area contributed by atoms with Crippen molar-refractivity contribution in [1.29, 1.82) is 0 Å². The number of hydrogen-bond acceptors (Lipinski definition) is 1. The molecule has 9 heteroatoms. The molecule has 2 aliphatic carbocycles. The summed E-state index contributed by atoms with van der Waals surface area (Å²) in [6.07, 6.45) is 9.42. The van der Waals surface area contributed by atoms with Crippen molar-refractivity contribution >= 4 is 0 Å². The average Bonchev–Trinajstić information content (AvgIpc) is 3.04. The molecule has 0 aliphatic heterocycles. The Labute approximate surface area is 278 Å². The lowest BCUT2D eigenvalue weighted by atomic mass is 9.68. The van der Waals surface area contributed by atoms with Crippen molar-refractivity contribution in [2.75, 3.05) is 6.67 Å². The Hall–Kier alpha value is -3.10. The summed E-state index contributed by atoms with van der Waals surface area (Å²) in [7, 11) is 0. The molecule has 0 radical (unpaired) electrons. The summed E-state index contributed by atoms with van der Waals surface area (Å²) in [4.78, 5) is 0. The summed E-state index contributed by atoms with van der Waals surface area (Å²) in [6, 6.07) is 6.56. The van der Waals surface area contributed by atoms with Crippen LogP contribution in [0.1, 0.15) is 113 Å². The van der Waals surface area contributed by atoms with Crippen LogP contribution in [-0.4, -0.2) is 6.67 Å². The molecule has 0 N–H and O–H groups in total. The summed E-state index contributed by atoms with van der Waals surface area (Å²) in [5.41, 5.74) is -1.92. The zero-order chi connectivity index (χ0) is 34.4. The van der Waals surface area contributed by atoms with Gasteiger partial charge in [-0.05, 0) is 104 Å². The maximum absolute atomic E-state index is 15.4. The number of ether oxygens (including phenoxy) is 1. The number of benzene rings is 3. The molecule has 1 nitrogen and oxygen atoms in total. The third-order valence-corrected chi connectivity index (χ3v) is 10.6. The maximum atomic E-state index is 15.4. The van der Waals surface area contributed by atoms with E-state index in [1.807, 2.05) is 0 Å². The second-order valence-electron chi connectivity index (χ2n) is 13.7. The monoisotopic (exact) mass is 680 g/mol. The molecule has 0 atom stereocenters. The van der Waals surface area contributed by atoms with Crippen LogP contribution in [0.15, 0.2) is 42.5 Å². The summed E-state index contributed by atoms with van der Waals surface area (Å²) >= 11 is 0. The molecule has 3 aromatic carbocycles. The van der Waals surface area contributed by atoms with Crippen molar-refractivity contribution < 1.29 is 39.9 Å². The lowest BCUT2D eigenvalue weighted by molar-refractivity contribution is -0.189. The van der Waals surface area contributed by atoms with Crippen LogP contribution in [0.25, 0.3) is 11.1 Å². The minimum Gasteiger partial charge on any atom is -0.429 e. The van der Waals surface area contributed by atoms with Gasteiger partial charge < -0.3 is 4.74 Å². The van der Waals surface area contributed by atoms with E-state index in [1.165, 1.54) is 63.5 Å². The Morgan fingerprint density at radius 1 is 0.688 bits per heavy atom. The van der Waals surface area contributed by atoms with Crippen LogP contribution in [0.2, 0.25) is 0 Å². The number of rotatable bonds is 13. The van der Waals surface area contributed by atoms with Crippen molar-refractivity contribution in [1.82, 2.24) is 0 Å². The van der Waals surface area contributed by atoms with Gasteiger partial charge in [0.25, 0.3) is 0 Å². The van der Waals surface area contributed by atoms with Crippen molar-refractivity contribution in [3.05, 3.63) is 88.2 Å². The van der Waals surface area contributed by atoms with Gasteiger partial charge in [-0.15, -0.1) is 0 Å². The van der Waals surface area contributed by atoms with Gasteiger partial charge in [-0.2, -0.15) is 8.78 Å². The van der Waals surface area contributed by atoms with Crippen LogP contribution < -0.4 is 4.74 Å². The third kappa shape index (κ3) is 8.54. The summed E-state index contributed by atoms with van der Waals surface area (Å²) in [5.74, 6) is -5.17. The van der Waals surface area contributed by atoms with E-state index in [0.717, 1.165) is 43.1 Å². The molecule has 0 heterocycles. The average molecular weight is 681 g/mol. The second-order valence-corrected chi connectivity index (χ2v) is 13.7. The number of halogens is 8. The van der Waals surface area contributed by atoms with Crippen molar-refractivity contribution in [3.8, 4) is 16.9 Å². The van der Waals surface area contributed by atoms with Crippen LogP contribution in [0.4, 0.5) is 35.1 Å². The fourth-order valence-electron chi connectivity index (χ4n) is 7.90. The number of alkyl halides is 3. The zero-order valence-electron chi connectivity index (χ0n) is 27.4. The normalized spacial score (nSPS) is 21.8. The lowest BCUT2D eigenvalue weighted by Crippen LogP contribution is -2.25. The highest BCUT2D eigenvalue weighted by Crippen LogP contribution is 2.45. The quantitative estimate of drug-likeness (QED) is 0.129. The zero-order valence-corrected chi connectivity index (χ0v) is 27.4. The minimum absolute atomic E-state index is 0.148. The van der Waals surface area contributed by atoms with Gasteiger partial charge in [0.1, 0.15) is 40.4 Å². The predicted octanol–water partition coefficient (Wildman–Crippen LogP) is 12.7. The number of unbranched alkanes of at least 4 members (excludes halogenated alkanes) is 2. The molecule has 0 amide bonds. The molecular weight excluding hydrogens is 636 g/mol. The standard InChI is InChI=1S/C39H44F8O/c1-2-3-4-6-24-8-10-25(11-9-24)26-12-14-27(15-13-26)28-16-17-31(33(41)19-28)29-20-36(44)38(37(45)21-29)39(46,47)48-30-22-34(42)32(7-5-18-40)35(43)23-30/h16-17,19-27H,2-15,18H2,1H3. The van der Waals surface area contributed by atoms with Crippen molar-refractivity contribution in [3.63, 3.8) is 0 Å². The van der Waals surface area contributed by atoms with Gasteiger partial charge in [-0.25, -0.2) is 22.0 Å². The predicted molar refractivity (Wildman–Crippen MR) is 171 cm³/mol. The van der Waals surface area contributed by atoms with Crippen molar-refractivity contribution in [2.24, 2.45) is 17.8 Å². The molecule has 3 aromatic rings. The molecular formula is C39H44F8O. The highest BCUT2D eigenvalue weighted by atomic mass is 19.3. The molecule has 262 valence electrons. The molecule has 0 aromatic heterocycles. The minimum atomic E-state index is -4.67. The van der Waals surface area contributed by atoms with Gasteiger partial charge in [-0.3, -0.25) is 4.39 Å². The Balaban J connectivity index is 1.22. The molecule has 0 saturated heterocycles. The van der Waals surface area contributed by atoms with E-state index in [-0.39, 0.29) is 29.9 Å². The Morgan fingerprint density at radius 2 is 1.29 bits per heavy atom. The first kappa shape index (κ1) is 36.2. The highest BCUT2D eigenvalue weighted by Gasteiger charge is 2.42. The van der Waals surface area contributed by atoms with Gasteiger partial charge in [0.2, 0.25) is 0 Å². The SMILES string of the molecule is CCCCCC1CCC(C2CCC(c3ccc(-c4cc(F)c(C(F)(F)Oc5cc(F)c(CCCF)c(F)c5)c(F)c4)c(F)c3)CC2)CC1. The van der Waals surface area contributed by atoms with E-state index in [1.54, 1.807) is 6.07 Å². The van der Waals surface area contributed by atoms with E-state index >= 15 is 13.2 Å². The van der Waals surface area contributed by atoms with E-state index in [2.05, 4.69) is 11.7 Å². The maximum Gasteiger partial charge on any atom is 0.432 e. The van der Waals surface area contributed by atoms with Gasteiger partial charge >= 0.3 is 6.11 Å². The largest absolute Gasteiger partial charge is 0.432 e. The molecule has 2 fully saturated rings. The topological polar surface area (TPSA) is 9.23 Å². The van der Waals surface area contributed by atoms with Crippen LogP contribution in [0.3, 0.4) is 0 Å². The van der Waals surface area contributed by atoms with Gasteiger partial charge in [-0.1, -0.05) is 57.6 Å². The Bertz CT molecular complexity index is 1480. The van der Waals surface area contributed by atoms with Crippen LogP contribution in [0, 0.1) is 46.8 Å². The summed E-state index contributed by atoms with van der Waals surface area (Å²) in [6.45, 7) is 1.40. The van der Waals surface area contributed by atoms with Gasteiger partial charge in [0.15, 0.2) is 0 Å². The van der Waals surface area contributed by atoms with Crippen molar-refractivity contribution in [2.45, 2.75) is 109 Å². The van der Waals surface area contributed by atoms with Crippen LogP contribution >= 0.6 is 0 Å².